The lowest BCUT2D eigenvalue weighted by atomic mass is 10.2. The number of nitrogens with zero attached hydrogens (tertiary/aromatic N) is 5. The summed E-state index contributed by atoms with van der Waals surface area (Å²) in [6, 6.07) is 0. The second-order valence-electron chi connectivity index (χ2n) is 9.63. The molecule has 1 fully saturated rings. The lowest BCUT2D eigenvalue weighted by Crippen LogP contribution is -2.49. The van der Waals surface area contributed by atoms with Crippen LogP contribution >= 0.6 is 0 Å². The molecule has 2 amide bonds. The van der Waals surface area contributed by atoms with E-state index >= 15 is 0 Å². The van der Waals surface area contributed by atoms with Crippen LogP contribution in [0.3, 0.4) is 0 Å². The van der Waals surface area contributed by atoms with E-state index < -0.39 is 33.4 Å². The molecule has 0 aromatic carbocycles. The van der Waals surface area contributed by atoms with Crippen molar-refractivity contribution in [3.05, 3.63) is 11.9 Å². The summed E-state index contributed by atoms with van der Waals surface area (Å²) in [6.07, 6.45) is 5.02. The van der Waals surface area contributed by atoms with Crippen LogP contribution in [-0.4, -0.2) is 78.0 Å². The van der Waals surface area contributed by atoms with Gasteiger partial charge in [0.25, 0.3) is 0 Å². The topological polar surface area (TPSA) is 122 Å². The van der Waals surface area contributed by atoms with Crippen LogP contribution in [0.2, 0.25) is 0 Å². The van der Waals surface area contributed by atoms with E-state index in [1.54, 1.807) is 48.5 Å². The minimum atomic E-state index is -3.28. The highest BCUT2D eigenvalue weighted by molar-refractivity contribution is 7.89. The molecule has 1 aromatic heterocycles. The number of ether oxygens (including phenoxy) is 2. The Labute approximate surface area is 228 Å². The minimum absolute atomic E-state index is 0.0356. The molecule has 1 aliphatic heterocycles. The van der Waals surface area contributed by atoms with Gasteiger partial charge < -0.3 is 14.4 Å². The number of sulfonamides is 1. The Balaban J connectivity index is 0.00000326. The monoisotopic (exact) mass is 555 g/mol. The number of imide groups is 1. The Kier molecular flexibility index (Phi) is 13.7. The van der Waals surface area contributed by atoms with Gasteiger partial charge in [-0.25, -0.2) is 28.0 Å². The molecular weight excluding hydrogens is 510 g/mol. The fourth-order valence-corrected chi connectivity index (χ4v) is 4.11. The van der Waals surface area contributed by atoms with Crippen molar-refractivity contribution in [2.75, 3.05) is 41.7 Å². The summed E-state index contributed by atoms with van der Waals surface area (Å²) in [5.41, 5.74) is -1.84. The number of aromatic nitrogens is 2. The third-order valence-electron chi connectivity index (χ3n) is 4.56. The van der Waals surface area contributed by atoms with Gasteiger partial charge in [0.2, 0.25) is 10.0 Å². The van der Waals surface area contributed by atoms with Crippen LogP contribution in [-0.2, 0) is 19.5 Å². The van der Waals surface area contributed by atoms with E-state index in [-0.39, 0.29) is 17.3 Å². The van der Waals surface area contributed by atoms with Gasteiger partial charge in [-0.15, -0.1) is 6.42 Å². The van der Waals surface area contributed by atoms with Crippen LogP contribution < -0.4 is 9.80 Å². The van der Waals surface area contributed by atoms with Crippen molar-refractivity contribution in [2.24, 2.45) is 0 Å². The maximum atomic E-state index is 12.9. The smallest absolute Gasteiger partial charge is 0.425 e. The molecule has 0 bridgehead atoms. The van der Waals surface area contributed by atoms with Crippen LogP contribution in [0.25, 0.3) is 0 Å². The molecule has 0 spiro atoms. The minimum Gasteiger partial charge on any atom is -0.443 e. The van der Waals surface area contributed by atoms with Crippen LogP contribution in [0, 0.1) is 12.3 Å². The van der Waals surface area contributed by atoms with Crippen molar-refractivity contribution in [1.82, 2.24) is 14.3 Å². The number of hydrogen-bond donors (Lipinski definition) is 0. The first-order chi connectivity index (χ1) is 17.6. The normalized spacial score (nSPS) is 14.1. The van der Waals surface area contributed by atoms with E-state index in [0.717, 1.165) is 0 Å². The van der Waals surface area contributed by atoms with Gasteiger partial charge in [-0.05, 0) is 54.4 Å². The summed E-state index contributed by atoms with van der Waals surface area (Å²) in [5.74, 6) is 2.61. The Bertz CT molecular complexity index is 1040. The number of terminal acetylenes is 1. The zero-order valence-electron chi connectivity index (χ0n) is 24.8. The van der Waals surface area contributed by atoms with Crippen molar-refractivity contribution in [1.29, 1.82) is 0 Å². The number of hydrogen-bond acceptors (Lipinski definition) is 9. The van der Waals surface area contributed by atoms with Crippen molar-refractivity contribution >= 4 is 33.8 Å². The van der Waals surface area contributed by atoms with E-state index in [0.29, 0.717) is 36.9 Å². The van der Waals surface area contributed by atoms with Gasteiger partial charge in [-0.3, -0.25) is 0 Å². The molecular formula is C26H45N5O6S. The van der Waals surface area contributed by atoms with E-state index in [1.165, 1.54) is 10.5 Å². The summed E-state index contributed by atoms with van der Waals surface area (Å²) in [6.45, 7) is 20.9. The first kappa shape index (κ1) is 35.1. The van der Waals surface area contributed by atoms with E-state index in [2.05, 4.69) is 15.9 Å². The SMILES string of the molecule is C#Cc1nc(N2CCN(S(=O)(=O)CC)CC2)cnc1N(C(=O)OC(C)(C)C)C(=O)OC(C)(C)C.CC.CC. The van der Waals surface area contributed by atoms with Gasteiger partial charge in [0.1, 0.15) is 17.0 Å². The Morgan fingerprint density at radius 1 is 0.974 bits per heavy atom. The molecule has 1 saturated heterocycles. The van der Waals surface area contributed by atoms with Crippen LogP contribution in [0.15, 0.2) is 6.20 Å². The van der Waals surface area contributed by atoms with Crippen molar-refractivity contribution in [3.63, 3.8) is 0 Å². The molecule has 11 nitrogen and oxygen atoms in total. The van der Waals surface area contributed by atoms with Gasteiger partial charge in [-0.1, -0.05) is 27.7 Å². The zero-order chi connectivity index (χ0) is 29.9. The summed E-state index contributed by atoms with van der Waals surface area (Å²) in [5, 5.41) is 0. The zero-order valence-corrected chi connectivity index (χ0v) is 25.6. The summed E-state index contributed by atoms with van der Waals surface area (Å²) >= 11 is 0. The summed E-state index contributed by atoms with van der Waals surface area (Å²) in [7, 11) is -3.28. The largest absolute Gasteiger partial charge is 0.443 e. The highest BCUT2D eigenvalue weighted by Crippen LogP contribution is 2.25. The number of carbonyl (C=O) groups excluding carboxylic acids is 2. The molecule has 38 heavy (non-hydrogen) atoms. The highest BCUT2D eigenvalue weighted by atomic mass is 32.2. The van der Waals surface area contributed by atoms with Gasteiger partial charge in [0.15, 0.2) is 11.5 Å². The van der Waals surface area contributed by atoms with E-state index in [9.17, 15) is 18.0 Å². The Morgan fingerprint density at radius 2 is 1.42 bits per heavy atom. The van der Waals surface area contributed by atoms with Crippen LogP contribution in [0.1, 0.15) is 81.9 Å². The number of carbonyl (C=O) groups is 2. The molecule has 1 aliphatic rings. The average Bonchev–Trinajstić information content (AvgIpc) is 2.84. The van der Waals surface area contributed by atoms with E-state index in [1.807, 2.05) is 32.6 Å². The first-order valence-electron chi connectivity index (χ1n) is 12.9. The maximum Gasteiger partial charge on any atom is 0.425 e. The molecule has 0 aliphatic carbocycles. The van der Waals surface area contributed by atoms with Gasteiger partial charge in [0, 0.05) is 26.2 Å². The molecule has 216 valence electrons. The van der Waals surface area contributed by atoms with Crippen molar-refractivity contribution in [2.45, 2.75) is 87.4 Å². The number of rotatable bonds is 4. The fraction of sp³-hybridized carbons (Fsp3) is 0.692. The molecule has 2 rings (SSSR count). The molecule has 0 saturated carbocycles. The fourth-order valence-electron chi connectivity index (χ4n) is 3.03. The molecule has 0 N–H and O–H groups in total. The third-order valence-corrected chi connectivity index (χ3v) is 6.44. The van der Waals surface area contributed by atoms with Crippen LogP contribution in [0.5, 0.6) is 0 Å². The molecule has 0 unspecified atom stereocenters. The van der Waals surface area contributed by atoms with Gasteiger partial charge in [-0.2, -0.15) is 9.21 Å². The molecule has 12 heteroatoms. The summed E-state index contributed by atoms with van der Waals surface area (Å²) < 4.78 is 36.4. The number of amides is 2. The average molecular weight is 556 g/mol. The van der Waals surface area contributed by atoms with Gasteiger partial charge >= 0.3 is 12.2 Å². The maximum absolute atomic E-state index is 12.9. The predicted octanol–water partition coefficient (Wildman–Crippen LogP) is 4.66. The van der Waals surface area contributed by atoms with E-state index in [4.69, 9.17) is 15.9 Å². The Hall–Kier alpha value is -2.91. The highest BCUT2D eigenvalue weighted by Gasteiger charge is 2.36. The Morgan fingerprint density at radius 3 is 1.79 bits per heavy atom. The molecule has 0 radical (unpaired) electrons. The second-order valence-corrected chi connectivity index (χ2v) is 11.9. The third kappa shape index (κ3) is 10.5. The van der Waals surface area contributed by atoms with Crippen molar-refractivity contribution in [3.8, 4) is 12.3 Å². The predicted molar refractivity (Wildman–Crippen MR) is 151 cm³/mol. The quantitative estimate of drug-likeness (QED) is 0.488. The molecule has 0 atom stereocenters. The standard InChI is InChI=1S/C22H33N5O6S.2C2H6/c1-9-16-18(27(19(28)32-21(3,4)5)20(29)33-22(6,7)8)23-15-17(24-16)25-11-13-26(14-12-25)34(30,31)10-2;2*1-2/h1,15H,10-14H2,2-8H3;2*1-2H3. The van der Waals surface area contributed by atoms with Crippen LogP contribution in [0.4, 0.5) is 21.2 Å². The first-order valence-corrected chi connectivity index (χ1v) is 14.5. The lowest BCUT2D eigenvalue weighted by molar-refractivity contribution is 0.0428. The number of anilines is 2. The summed E-state index contributed by atoms with van der Waals surface area (Å²) in [4.78, 5) is 36.9. The lowest BCUT2D eigenvalue weighted by Gasteiger charge is -2.34. The van der Waals surface area contributed by atoms with Gasteiger partial charge in [0.05, 0.1) is 11.9 Å². The van der Waals surface area contributed by atoms with Crippen molar-refractivity contribution < 1.29 is 27.5 Å². The molecule has 1 aromatic rings. The molecule has 2 heterocycles. The second kappa shape index (κ2) is 14.9. The number of piperazine rings is 1.